The van der Waals surface area contributed by atoms with Gasteiger partial charge in [0, 0.05) is 11.6 Å². The number of carbonyl (C=O) groups excluding carboxylic acids is 1. The maximum Gasteiger partial charge on any atom is 0.332 e. The van der Waals surface area contributed by atoms with Gasteiger partial charge in [0.1, 0.15) is 0 Å². The van der Waals surface area contributed by atoms with Crippen LogP contribution in [0.5, 0.6) is 0 Å². The Bertz CT molecular complexity index is 308. The summed E-state index contributed by atoms with van der Waals surface area (Å²) < 4.78 is 0. The zero-order valence-corrected chi connectivity index (χ0v) is 8.07. The molecule has 0 spiro atoms. The summed E-state index contributed by atoms with van der Waals surface area (Å²) >= 11 is 0. The zero-order valence-electron chi connectivity index (χ0n) is 8.07. The molecule has 0 radical (unpaired) electrons. The summed E-state index contributed by atoms with van der Waals surface area (Å²) in [5, 5.41) is 4.18. The third kappa shape index (κ3) is 1.06. The van der Waals surface area contributed by atoms with Crippen molar-refractivity contribution in [3.63, 3.8) is 0 Å². The number of hydrazone groups is 1. The normalized spacial score (nSPS) is 46.1. The Labute approximate surface area is 82.9 Å². The van der Waals surface area contributed by atoms with Gasteiger partial charge in [-0.1, -0.05) is 0 Å². The van der Waals surface area contributed by atoms with Gasteiger partial charge in [-0.2, -0.15) is 5.10 Å². The van der Waals surface area contributed by atoms with E-state index in [1.165, 1.54) is 31.4 Å². The van der Waals surface area contributed by atoms with E-state index in [0.717, 1.165) is 11.8 Å². The van der Waals surface area contributed by atoms with Gasteiger partial charge < -0.3 is 5.73 Å². The highest BCUT2D eigenvalue weighted by molar-refractivity contribution is 5.93. The fourth-order valence-corrected chi connectivity index (χ4v) is 3.76. The molecule has 3 N–H and O–H groups in total. The van der Waals surface area contributed by atoms with Crippen LogP contribution in [0.1, 0.15) is 25.7 Å². The number of nitrogens with one attached hydrogen (secondary N) is 1. The van der Waals surface area contributed by atoms with E-state index < -0.39 is 6.03 Å². The molecule has 76 valence electrons. The molecule has 0 heterocycles. The average molecular weight is 193 g/mol. The van der Waals surface area contributed by atoms with Crippen molar-refractivity contribution < 1.29 is 4.79 Å². The number of hydrogen-bond donors (Lipinski definition) is 2. The molecule has 0 aliphatic heterocycles. The molecule has 0 saturated heterocycles. The Kier molecular flexibility index (Phi) is 1.60. The minimum absolute atomic E-state index is 0.546. The van der Waals surface area contributed by atoms with E-state index in [-0.39, 0.29) is 0 Å². The molecule has 4 unspecified atom stereocenters. The van der Waals surface area contributed by atoms with Crippen molar-refractivity contribution in [1.82, 2.24) is 5.43 Å². The van der Waals surface area contributed by atoms with Gasteiger partial charge in [-0.05, 0) is 43.4 Å². The molecule has 4 nitrogen and oxygen atoms in total. The molecule has 4 aliphatic carbocycles. The van der Waals surface area contributed by atoms with Crippen molar-refractivity contribution in [1.29, 1.82) is 0 Å². The van der Waals surface area contributed by atoms with Crippen LogP contribution in [0, 0.1) is 23.7 Å². The Hall–Kier alpha value is -1.06. The summed E-state index contributed by atoms with van der Waals surface area (Å²) in [4.78, 5) is 10.6. The minimum atomic E-state index is -0.546. The van der Waals surface area contributed by atoms with Gasteiger partial charge in [-0.3, -0.25) is 0 Å². The van der Waals surface area contributed by atoms with Gasteiger partial charge in [0.15, 0.2) is 0 Å². The molecule has 4 fully saturated rings. The number of rotatable bonds is 1. The van der Waals surface area contributed by atoms with Crippen LogP contribution >= 0.6 is 0 Å². The minimum Gasteiger partial charge on any atom is -0.350 e. The van der Waals surface area contributed by atoms with Gasteiger partial charge in [-0.15, -0.1) is 0 Å². The lowest BCUT2D eigenvalue weighted by Gasteiger charge is -2.25. The molecule has 0 aromatic rings. The summed E-state index contributed by atoms with van der Waals surface area (Å²) in [5.41, 5.74) is 8.62. The second-order valence-electron chi connectivity index (χ2n) is 4.89. The summed E-state index contributed by atoms with van der Waals surface area (Å²) in [6, 6.07) is -0.546. The van der Waals surface area contributed by atoms with Crippen LogP contribution in [0.2, 0.25) is 0 Å². The third-order valence-corrected chi connectivity index (χ3v) is 4.09. The monoisotopic (exact) mass is 193 g/mol. The number of primary amides is 1. The third-order valence-electron chi connectivity index (χ3n) is 4.09. The predicted molar refractivity (Wildman–Crippen MR) is 52.6 cm³/mol. The van der Waals surface area contributed by atoms with Crippen molar-refractivity contribution in [2.24, 2.45) is 34.5 Å². The molecule has 0 aromatic carbocycles. The van der Waals surface area contributed by atoms with Crippen LogP contribution in [-0.4, -0.2) is 11.7 Å². The molecule has 0 aromatic heterocycles. The van der Waals surface area contributed by atoms with Crippen LogP contribution in [0.4, 0.5) is 4.79 Å². The Morgan fingerprint density at radius 2 is 2.21 bits per heavy atom. The maximum atomic E-state index is 10.6. The number of urea groups is 1. The van der Waals surface area contributed by atoms with Gasteiger partial charge in [-0.25, -0.2) is 10.2 Å². The second-order valence-corrected chi connectivity index (χ2v) is 4.89. The SMILES string of the molecule is NC(=O)N/N=C1/C2CC3CC(C2)C1C3. The number of nitrogens with two attached hydrogens (primary N) is 1. The molecule has 4 atom stereocenters. The van der Waals surface area contributed by atoms with Gasteiger partial charge in [0.25, 0.3) is 0 Å². The van der Waals surface area contributed by atoms with Crippen LogP contribution < -0.4 is 11.2 Å². The fourth-order valence-electron chi connectivity index (χ4n) is 3.76. The molecule has 4 aliphatic rings. The van der Waals surface area contributed by atoms with E-state index in [4.69, 9.17) is 5.73 Å². The van der Waals surface area contributed by atoms with E-state index in [2.05, 4.69) is 10.5 Å². The zero-order chi connectivity index (χ0) is 9.71. The molecule has 14 heavy (non-hydrogen) atoms. The van der Waals surface area contributed by atoms with E-state index in [1.54, 1.807) is 0 Å². The van der Waals surface area contributed by atoms with Crippen LogP contribution in [0.3, 0.4) is 0 Å². The Morgan fingerprint density at radius 3 is 2.93 bits per heavy atom. The largest absolute Gasteiger partial charge is 0.350 e. The molecule has 4 heteroatoms. The maximum absolute atomic E-state index is 10.6. The predicted octanol–water partition coefficient (Wildman–Crippen LogP) is 1.08. The molecule has 4 bridgehead atoms. The highest BCUT2D eigenvalue weighted by Crippen LogP contribution is 2.56. The van der Waals surface area contributed by atoms with Crippen molar-refractivity contribution >= 4 is 11.7 Å². The van der Waals surface area contributed by atoms with Crippen LogP contribution in [0.15, 0.2) is 5.10 Å². The lowest BCUT2D eigenvalue weighted by Crippen LogP contribution is -2.30. The quantitative estimate of drug-likeness (QED) is 0.601. The van der Waals surface area contributed by atoms with E-state index in [9.17, 15) is 4.79 Å². The van der Waals surface area contributed by atoms with E-state index in [0.29, 0.717) is 11.8 Å². The van der Waals surface area contributed by atoms with Crippen molar-refractivity contribution in [3.8, 4) is 0 Å². The lowest BCUT2D eigenvalue weighted by atomic mass is 9.81. The average Bonchev–Trinajstić information content (AvgIpc) is 2.52. The Balaban J connectivity index is 1.82. The molecule has 4 saturated carbocycles. The van der Waals surface area contributed by atoms with Crippen molar-refractivity contribution in [3.05, 3.63) is 0 Å². The van der Waals surface area contributed by atoms with Gasteiger partial charge in [0.2, 0.25) is 0 Å². The molecular formula is C10H15N3O. The molecule has 4 rings (SSSR count). The first-order valence-electron chi connectivity index (χ1n) is 5.37. The smallest absolute Gasteiger partial charge is 0.332 e. The summed E-state index contributed by atoms with van der Waals surface area (Å²) in [6.45, 7) is 0. The first-order chi connectivity index (χ1) is 6.74. The van der Waals surface area contributed by atoms with Gasteiger partial charge >= 0.3 is 6.03 Å². The highest BCUT2D eigenvalue weighted by Gasteiger charge is 2.51. The van der Waals surface area contributed by atoms with Crippen molar-refractivity contribution in [2.45, 2.75) is 25.7 Å². The topological polar surface area (TPSA) is 67.5 Å². The summed E-state index contributed by atoms with van der Waals surface area (Å²) in [7, 11) is 0. The summed E-state index contributed by atoms with van der Waals surface area (Å²) in [5.74, 6) is 3.10. The molecule has 2 amide bonds. The standard InChI is InChI=1S/C10H15N3O/c11-10(14)13-12-9-7-2-5-1-6(4-7)8(9)3-5/h5-8H,1-4H2,(H3,11,13,14)/b12-9-. The number of nitrogens with zero attached hydrogens (tertiary/aromatic N) is 1. The van der Waals surface area contributed by atoms with Crippen LogP contribution in [0.25, 0.3) is 0 Å². The van der Waals surface area contributed by atoms with Gasteiger partial charge in [0.05, 0.1) is 0 Å². The van der Waals surface area contributed by atoms with E-state index >= 15 is 0 Å². The molecular weight excluding hydrogens is 178 g/mol. The number of carbonyl (C=O) groups is 1. The lowest BCUT2D eigenvalue weighted by molar-refractivity contribution is 0.249. The second kappa shape index (κ2) is 2.72. The Morgan fingerprint density at radius 1 is 1.36 bits per heavy atom. The first kappa shape index (κ1) is 8.26. The van der Waals surface area contributed by atoms with Crippen molar-refractivity contribution in [2.75, 3.05) is 0 Å². The highest BCUT2D eigenvalue weighted by atomic mass is 16.2. The number of hydrogen-bond acceptors (Lipinski definition) is 2. The summed E-state index contributed by atoms with van der Waals surface area (Å²) in [6.07, 6.45) is 5.25. The number of amides is 2. The van der Waals surface area contributed by atoms with E-state index in [1.807, 2.05) is 0 Å². The fraction of sp³-hybridized carbons (Fsp3) is 0.800. The van der Waals surface area contributed by atoms with Crippen LogP contribution in [-0.2, 0) is 0 Å². The first-order valence-corrected chi connectivity index (χ1v) is 5.37.